The van der Waals surface area contributed by atoms with Gasteiger partial charge >= 0.3 is 6.18 Å². The number of hydrogen-bond acceptors (Lipinski definition) is 4. The van der Waals surface area contributed by atoms with Crippen LogP contribution in [0.5, 0.6) is 0 Å². The van der Waals surface area contributed by atoms with Gasteiger partial charge in [0.2, 0.25) is 0 Å². The van der Waals surface area contributed by atoms with Gasteiger partial charge in [0.05, 0.1) is 11.7 Å². The first kappa shape index (κ1) is 16.5. The summed E-state index contributed by atoms with van der Waals surface area (Å²) in [6.07, 6.45) is -1.41. The molecule has 1 aromatic carbocycles. The van der Waals surface area contributed by atoms with Crippen LogP contribution in [0, 0.1) is 17.2 Å². The van der Waals surface area contributed by atoms with E-state index in [-0.39, 0.29) is 17.8 Å². The molecule has 0 unspecified atom stereocenters. The molecule has 2 atom stereocenters. The van der Waals surface area contributed by atoms with E-state index >= 15 is 0 Å². The Hall–Kier alpha value is -2.40. The van der Waals surface area contributed by atoms with Gasteiger partial charge in [0.25, 0.3) is 5.82 Å². The molecule has 1 aromatic heterocycles. The lowest BCUT2D eigenvalue weighted by Crippen LogP contribution is -2.26. The standard InChI is InChI=1S/C16H15F3N4O/c17-16(18,19)13-5-3-11(4-6-13)15-12(2-1-7-24-15)9-23-10-21-14(8-20)22-23/h3-6,10,12,15H,1-2,7,9H2/t12-,15-/m0/s1. The van der Waals surface area contributed by atoms with E-state index in [1.807, 2.05) is 6.07 Å². The lowest BCUT2D eigenvalue weighted by molar-refractivity contribution is -0.137. The van der Waals surface area contributed by atoms with Gasteiger partial charge in [-0.15, -0.1) is 5.10 Å². The molecule has 3 rings (SSSR count). The quantitative estimate of drug-likeness (QED) is 0.862. The van der Waals surface area contributed by atoms with Crippen LogP contribution in [0.4, 0.5) is 13.2 Å². The van der Waals surface area contributed by atoms with Crippen LogP contribution in [0.25, 0.3) is 0 Å². The van der Waals surface area contributed by atoms with Crippen molar-refractivity contribution in [3.8, 4) is 6.07 Å². The van der Waals surface area contributed by atoms with Crippen LogP contribution in [0.1, 0.15) is 35.9 Å². The third-order valence-electron chi connectivity index (χ3n) is 4.07. The summed E-state index contributed by atoms with van der Waals surface area (Å²) >= 11 is 0. The second-order valence-corrected chi connectivity index (χ2v) is 5.72. The first-order valence-electron chi connectivity index (χ1n) is 7.55. The molecular formula is C16H15F3N4O. The first-order valence-corrected chi connectivity index (χ1v) is 7.55. The minimum atomic E-state index is -4.35. The fourth-order valence-electron chi connectivity index (χ4n) is 2.93. The number of nitrogens with zero attached hydrogens (tertiary/aromatic N) is 4. The highest BCUT2D eigenvalue weighted by molar-refractivity contribution is 5.26. The summed E-state index contributed by atoms with van der Waals surface area (Å²) in [7, 11) is 0. The topological polar surface area (TPSA) is 63.7 Å². The first-order chi connectivity index (χ1) is 11.5. The lowest BCUT2D eigenvalue weighted by atomic mass is 9.89. The van der Waals surface area contributed by atoms with E-state index in [1.165, 1.54) is 18.5 Å². The van der Waals surface area contributed by atoms with Crippen molar-refractivity contribution in [3.63, 3.8) is 0 Å². The summed E-state index contributed by atoms with van der Waals surface area (Å²) in [5.41, 5.74) is 0.0434. The van der Waals surface area contributed by atoms with Gasteiger partial charge < -0.3 is 4.74 Å². The largest absolute Gasteiger partial charge is 0.416 e. The minimum Gasteiger partial charge on any atom is -0.373 e. The van der Waals surface area contributed by atoms with E-state index in [9.17, 15) is 13.2 Å². The zero-order valence-electron chi connectivity index (χ0n) is 12.7. The number of alkyl halides is 3. The highest BCUT2D eigenvalue weighted by Crippen LogP contribution is 2.36. The predicted octanol–water partition coefficient (Wildman–Crippen LogP) is 3.34. The summed E-state index contributed by atoms with van der Waals surface area (Å²) < 4.78 is 45.4. The van der Waals surface area contributed by atoms with E-state index in [1.54, 1.807) is 4.68 Å². The lowest BCUT2D eigenvalue weighted by Gasteiger charge is -2.32. The Morgan fingerprint density at radius 2 is 2.04 bits per heavy atom. The molecule has 0 radical (unpaired) electrons. The fourth-order valence-corrected chi connectivity index (χ4v) is 2.93. The maximum absolute atomic E-state index is 12.7. The van der Waals surface area contributed by atoms with Gasteiger partial charge in [-0.3, -0.25) is 4.68 Å². The molecule has 2 heterocycles. The SMILES string of the molecule is N#Cc1ncn(C[C@@H]2CCCO[C@H]2c2ccc(C(F)(F)F)cc2)n1. The zero-order chi connectivity index (χ0) is 17.2. The van der Waals surface area contributed by atoms with Gasteiger partial charge in [-0.2, -0.15) is 18.4 Å². The number of benzene rings is 1. The third kappa shape index (κ3) is 3.57. The van der Waals surface area contributed by atoms with Crippen molar-refractivity contribution < 1.29 is 17.9 Å². The second kappa shape index (κ2) is 6.61. The van der Waals surface area contributed by atoms with Crippen LogP contribution in [-0.2, 0) is 17.5 Å². The molecule has 1 saturated heterocycles. The fraction of sp³-hybridized carbons (Fsp3) is 0.438. The van der Waals surface area contributed by atoms with Crippen LogP contribution in [0.15, 0.2) is 30.6 Å². The monoisotopic (exact) mass is 336 g/mol. The average molecular weight is 336 g/mol. The average Bonchev–Trinajstić information content (AvgIpc) is 3.02. The normalized spacial score (nSPS) is 21.4. The molecule has 0 saturated carbocycles. The smallest absolute Gasteiger partial charge is 0.373 e. The molecular weight excluding hydrogens is 321 g/mol. The van der Waals surface area contributed by atoms with Crippen molar-refractivity contribution in [2.45, 2.75) is 31.7 Å². The summed E-state index contributed by atoms with van der Waals surface area (Å²) in [4.78, 5) is 3.86. The number of halogens is 3. The summed E-state index contributed by atoms with van der Waals surface area (Å²) in [6, 6.07) is 6.95. The highest BCUT2D eigenvalue weighted by Gasteiger charge is 2.32. The summed E-state index contributed by atoms with van der Waals surface area (Å²) in [5.74, 6) is 0.154. The van der Waals surface area contributed by atoms with E-state index in [2.05, 4.69) is 10.1 Å². The van der Waals surface area contributed by atoms with Crippen molar-refractivity contribution >= 4 is 0 Å². The Morgan fingerprint density at radius 3 is 2.67 bits per heavy atom. The van der Waals surface area contributed by atoms with E-state index in [4.69, 9.17) is 10.00 Å². The van der Waals surface area contributed by atoms with Crippen molar-refractivity contribution in [3.05, 3.63) is 47.5 Å². The van der Waals surface area contributed by atoms with Crippen LogP contribution in [-0.4, -0.2) is 21.4 Å². The Kier molecular flexibility index (Phi) is 4.53. The maximum Gasteiger partial charge on any atom is 0.416 e. The van der Waals surface area contributed by atoms with E-state index < -0.39 is 11.7 Å². The number of nitriles is 1. The van der Waals surface area contributed by atoms with Gasteiger partial charge in [0.15, 0.2) is 0 Å². The molecule has 1 aliphatic heterocycles. The third-order valence-corrected chi connectivity index (χ3v) is 4.07. The zero-order valence-corrected chi connectivity index (χ0v) is 12.7. The van der Waals surface area contributed by atoms with Crippen LogP contribution >= 0.6 is 0 Å². The van der Waals surface area contributed by atoms with Crippen LogP contribution < -0.4 is 0 Å². The molecule has 1 fully saturated rings. The van der Waals surface area contributed by atoms with E-state index in [0.29, 0.717) is 18.7 Å². The molecule has 2 aromatic rings. The molecule has 1 aliphatic rings. The highest BCUT2D eigenvalue weighted by atomic mass is 19.4. The summed E-state index contributed by atoms with van der Waals surface area (Å²) in [5, 5.41) is 12.8. The van der Waals surface area contributed by atoms with Crippen molar-refractivity contribution in [1.82, 2.24) is 14.8 Å². The van der Waals surface area contributed by atoms with Gasteiger partial charge in [0, 0.05) is 19.1 Å². The molecule has 5 nitrogen and oxygen atoms in total. The minimum absolute atomic E-state index is 0.0590. The Balaban J connectivity index is 1.78. The molecule has 8 heteroatoms. The number of aromatic nitrogens is 3. The molecule has 126 valence electrons. The Bertz CT molecular complexity index is 733. The Morgan fingerprint density at radius 1 is 1.29 bits per heavy atom. The molecule has 0 amide bonds. The van der Waals surface area contributed by atoms with Gasteiger partial charge in [-0.05, 0) is 30.5 Å². The molecule has 0 N–H and O–H groups in total. The van der Waals surface area contributed by atoms with Crippen LogP contribution in [0.3, 0.4) is 0 Å². The number of ether oxygens (including phenoxy) is 1. The number of rotatable bonds is 3. The van der Waals surface area contributed by atoms with Crippen molar-refractivity contribution in [2.75, 3.05) is 6.61 Å². The molecule has 0 bridgehead atoms. The second-order valence-electron chi connectivity index (χ2n) is 5.72. The van der Waals surface area contributed by atoms with Crippen molar-refractivity contribution in [1.29, 1.82) is 5.26 Å². The van der Waals surface area contributed by atoms with Gasteiger partial charge in [0.1, 0.15) is 12.4 Å². The van der Waals surface area contributed by atoms with Gasteiger partial charge in [-0.1, -0.05) is 12.1 Å². The van der Waals surface area contributed by atoms with Gasteiger partial charge in [-0.25, -0.2) is 4.98 Å². The number of hydrogen-bond donors (Lipinski definition) is 0. The van der Waals surface area contributed by atoms with Crippen LogP contribution in [0.2, 0.25) is 0 Å². The maximum atomic E-state index is 12.7. The molecule has 0 spiro atoms. The summed E-state index contributed by atoms with van der Waals surface area (Å²) in [6.45, 7) is 1.07. The van der Waals surface area contributed by atoms with Crippen molar-refractivity contribution in [2.24, 2.45) is 5.92 Å². The van der Waals surface area contributed by atoms with E-state index in [0.717, 1.165) is 25.0 Å². The predicted molar refractivity (Wildman–Crippen MR) is 77.6 cm³/mol. The molecule has 0 aliphatic carbocycles. The molecule has 24 heavy (non-hydrogen) atoms. The Labute approximate surface area is 136 Å².